The van der Waals surface area contributed by atoms with Crippen molar-refractivity contribution in [3.05, 3.63) is 64.7 Å². The monoisotopic (exact) mass is 386 g/mol. The van der Waals surface area contributed by atoms with Crippen LogP contribution in [0.2, 0.25) is 0 Å². The van der Waals surface area contributed by atoms with Crippen LogP contribution in [0.1, 0.15) is 25.5 Å². The molecule has 0 saturated carbocycles. The third kappa shape index (κ3) is 3.71. The third-order valence-electron chi connectivity index (χ3n) is 4.11. The van der Waals surface area contributed by atoms with Crippen molar-refractivity contribution < 1.29 is 4.79 Å². The van der Waals surface area contributed by atoms with E-state index in [-0.39, 0.29) is 5.91 Å². The van der Waals surface area contributed by atoms with E-state index in [1.165, 1.54) is 17.1 Å². The minimum Gasteiger partial charge on any atom is -0.335 e. The van der Waals surface area contributed by atoms with Crippen LogP contribution in [0.5, 0.6) is 0 Å². The van der Waals surface area contributed by atoms with E-state index in [9.17, 15) is 4.79 Å². The van der Waals surface area contributed by atoms with Crippen LogP contribution in [0, 0.1) is 0 Å². The van der Waals surface area contributed by atoms with E-state index < -0.39 is 0 Å². The standard InChI is InChI=1S/C19H18N2OS3/c1-21(12-17-20-15-4-2-3-5-16(15)25-17)18(22)13-6-8-14(9-7-13)19-23-10-11-24-19/h2-9,19H,10-12H2,1H3. The maximum Gasteiger partial charge on any atom is 0.253 e. The number of rotatable bonds is 4. The molecular formula is C19H18N2OS3. The van der Waals surface area contributed by atoms with Gasteiger partial charge in [0.2, 0.25) is 0 Å². The summed E-state index contributed by atoms with van der Waals surface area (Å²) in [5.41, 5.74) is 3.04. The van der Waals surface area contributed by atoms with Gasteiger partial charge in [0.05, 0.1) is 21.3 Å². The van der Waals surface area contributed by atoms with Crippen LogP contribution < -0.4 is 0 Å². The highest BCUT2D eigenvalue weighted by molar-refractivity contribution is 8.19. The highest BCUT2D eigenvalue weighted by atomic mass is 32.2. The van der Waals surface area contributed by atoms with Gasteiger partial charge in [-0.3, -0.25) is 4.79 Å². The average Bonchev–Trinajstić information content (AvgIpc) is 3.30. The Balaban J connectivity index is 1.45. The molecule has 1 fully saturated rings. The summed E-state index contributed by atoms with van der Waals surface area (Å²) in [7, 11) is 1.84. The number of fused-ring (bicyclic) bond motifs is 1. The number of para-hydroxylation sites is 1. The van der Waals surface area contributed by atoms with Gasteiger partial charge in [-0.15, -0.1) is 34.9 Å². The minimum atomic E-state index is 0.0394. The fourth-order valence-electron chi connectivity index (χ4n) is 2.82. The second-order valence-electron chi connectivity index (χ2n) is 5.93. The molecule has 25 heavy (non-hydrogen) atoms. The molecule has 3 nitrogen and oxygen atoms in total. The van der Waals surface area contributed by atoms with Gasteiger partial charge in [-0.1, -0.05) is 24.3 Å². The summed E-state index contributed by atoms with van der Waals surface area (Å²) in [5.74, 6) is 2.46. The Labute approximate surface area is 159 Å². The first kappa shape index (κ1) is 16.9. The number of nitrogens with zero attached hydrogens (tertiary/aromatic N) is 2. The molecule has 2 aromatic carbocycles. The van der Waals surface area contributed by atoms with Gasteiger partial charge in [0.25, 0.3) is 5.91 Å². The zero-order valence-electron chi connectivity index (χ0n) is 13.8. The topological polar surface area (TPSA) is 33.2 Å². The minimum absolute atomic E-state index is 0.0394. The molecule has 1 aliphatic heterocycles. The molecule has 0 aliphatic carbocycles. The Morgan fingerprint density at radius 2 is 1.84 bits per heavy atom. The summed E-state index contributed by atoms with van der Waals surface area (Å²) in [6.45, 7) is 0.536. The summed E-state index contributed by atoms with van der Waals surface area (Å²) in [4.78, 5) is 19.0. The summed E-state index contributed by atoms with van der Waals surface area (Å²) in [6.07, 6.45) is 0. The van der Waals surface area contributed by atoms with Gasteiger partial charge in [0.15, 0.2) is 0 Å². The Morgan fingerprint density at radius 3 is 2.56 bits per heavy atom. The molecule has 0 atom stereocenters. The quantitative estimate of drug-likeness (QED) is 0.628. The van der Waals surface area contributed by atoms with E-state index >= 15 is 0 Å². The molecule has 1 aromatic heterocycles. The second-order valence-corrected chi connectivity index (χ2v) is 9.77. The van der Waals surface area contributed by atoms with Gasteiger partial charge in [0, 0.05) is 24.1 Å². The molecule has 2 heterocycles. The molecule has 6 heteroatoms. The molecular weight excluding hydrogens is 368 g/mol. The van der Waals surface area contributed by atoms with Crippen LogP contribution in [0.3, 0.4) is 0 Å². The van der Waals surface area contributed by atoms with Gasteiger partial charge >= 0.3 is 0 Å². The van der Waals surface area contributed by atoms with Crippen molar-refractivity contribution in [2.24, 2.45) is 0 Å². The zero-order chi connectivity index (χ0) is 17.2. The highest BCUT2D eigenvalue weighted by Gasteiger charge is 2.19. The van der Waals surface area contributed by atoms with Crippen LogP contribution in [0.25, 0.3) is 10.2 Å². The van der Waals surface area contributed by atoms with E-state index in [0.29, 0.717) is 11.1 Å². The van der Waals surface area contributed by atoms with E-state index in [4.69, 9.17) is 0 Å². The maximum atomic E-state index is 12.7. The molecule has 0 unspecified atom stereocenters. The van der Waals surface area contributed by atoms with Crippen LogP contribution in [0.15, 0.2) is 48.5 Å². The molecule has 0 N–H and O–H groups in total. The lowest BCUT2D eigenvalue weighted by atomic mass is 10.1. The third-order valence-corrected chi connectivity index (χ3v) is 8.23. The number of hydrogen-bond donors (Lipinski definition) is 0. The fourth-order valence-corrected chi connectivity index (χ4v) is 6.70. The molecule has 0 spiro atoms. The Kier molecular flexibility index (Phi) is 5.01. The smallest absolute Gasteiger partial charge is 0.253 e. The number of carbonyl (C=O) groups is 1. The lowest BCUT2D eigenvalue weighted by molar-refractivity contribution is 0.0785. The number of hydrogen-bond acceptors (Lipinski definition) is 5. The van der Waals surface area contributed by atoms with Crippen molar-refractivity contribution >= 4 is 51.0 Å². The molecule has 0 radical (unpaired) electrons. The normalized spacial score (nSPS) is 14.9. The summed E-state index contributed by atoms with van der Waals surface area (Å²) >= 11 is 5.61. The predicted octanol–water partition coefficient (Wildman–Crippen LogP) is 5.05. The Bertz CT molecular complexity index is 852. The van der Waals surface area contributed by atoms with Crippen LogP contribution in [-0.2, 0) is 6.54 Å². The first-order valence-corrected chi connectivity index (χ1v) is 11.1. The first-order chi connectivity index (χ1) is 12.2. The molecule has 1 aliphatic rings. The largest absolute Gasteiger partial charge is 0.335 e. The van der Waals surface area contributed by atoms with Crippen molar-refractivity contribution in [1.29, 1.82) is 0 Å². The second kappa shape index (κ2) is 7.40. The van der Waals surface area contributed by atoms with Crippen molar-refractivity contribution in [3.63, 3.8) is 0 Å². The predicted molar refractivity (Wildman–Crippen MR) is 110 cm³/mol. The van der Waals surface area contributed by atoms with E-state index in [2.05, 4.69) is 23.2 Å². The zero-order valence-corrected chi connectivity index (χ0v) is 16.3. The fraction of sp³-hybridized carbons (Fsp3) is 0.263. The van der Waals surface area contributed by atoms with Crippen LogP contribution in [-0.4, -0.2) is 34.3 Å². The molecule has 4 rings (SSSR count). The van der Waals surface area contributed by atoms with Crippen LogP contribution in [0.4, 0.5) is 0 Å². The average molecular weight is 387 g/mol. The number of thiazole rings is 1. The molecule has 3 aromatic rings. The lowest BCUT2D eigenvalue weighted by Crippen LogP contribution is -2.26. The molecule has 0 bridgehead atoms. The molecule has 1 saturated heterocycles. The Morgan fingerprint density at radius 1 is 1.12 bits per heavy atom. The van der Waals surface area contributed by atoms with Crippen molar-refractivity contribution in [1.82, 2.24) is 9.88 Å². The highest BCUT2D eigenvalue weighted by Crippen LogP contribution is 2.45. The number of thioether (sulfide) groups is 2. The SMILES string of the molecule is CN(Cc1nc2ccccc2s1)C(=O)c1ccc(C2SCCS2)cc1. The Hall–Kier alpha value is -1.50. The lowest BCUT2D eigenvalue weighted by Gasteiger charge is -2.16. The van der Waals surface area contributed by atoms with Gasteiger partial charge < -0.3 is 4.90 Å². The number of amides is 1. The number of benzene rings is 2. The van der Waals surface area contributed by atoms with E-state index in [1.807, 2.05) is 60.9 Å². The molecule has 1 amide bonds. The van der Waals surface area contributed by atoms with Crippen molar-refractivity contribution in [2.45, 2.75) is 11.1 Å². The van der Waals surface area contributed by atoms with Crippen LogP contribution >= 0.6 is 34.9 Å². The summed E-state index contributed by atoms with van der Waals surface area (Å²) in [5, 5.41) is 0.965. The van der Waals surface area contributed by atoms with E-state index in [1.54, 1.807) is 16.2 Å². The first-order valence-electron chi connectivity index (χ1n) is 8.14. The van der Waals surface area contributed by atoms with Crippen molar-refractivity contribution in [3.8, 4) is 0 Å². The molecule has 128 valence electrons. The van der Waals surface area contributed by atoms with E-state index in [0.717, 1.165) is 20.8 Å². The van der Waals surface area contributed by atoms with Gasteiger partial charge in [-0.2, -0.15) is 0 Å². The number of aromatic nitrogens is 1. The van der Waals surface area contributed by atoms with Gasteiger partial charge in [-0.25, -0.2) is 4.98 Å². The van der Waals surface area contributed by atoms with Crippen molar-refractivity contribution in [2.75, 3.05) is 18.6 Å². The summed E-state index contributed by atoms with van der Waals surface area (Å²) < 4.78 is 1.68. The van der Waals surface area contributed by atoms with Gasteiger partial charge in [0.1, 0.15) is 5.01 Å². The van der Waals surface area contributed by atoms with Gasteiger partial charge in [-0.05, 0) is 29.8 Å². The maximum absolute atomic E-state index is 12.7. The summed E-state index contributed by atoms with van der Waals surface area (Å²) in [6, 6.07) is 16.2. The number of carbonyl (C=O) groups excluding carboxylic acids is 1.